The lowest BCUT2D eigenvalue weighted by Crippen LogP contribution is -1.98. The fourth-order valence-electron chi connectivity index (χ4n) is 1.86. The molecule has 0 amide bonds. The molecule has 1 atom stereocenters. The number of ether oxygens (including phenoxy) is 1. The Morgan fingerprint density at radius 1 is 1.27 bits per heavy atom. The van der Waals surface area contributed by atoms with E-state index < -0.39 is 0 Å². The minimum absolute atomic E-state index is 0.0206. The fourth-order valence-corrected chi connectivity index (χ4v) is 2.25. The second-order valence-electron chi connectivity index (χ2n) is 3.67. The topological polar surface area (TPSA) is 26.3 Å². The summed E-state index contributed by atoms with van der Waals surface area (Å²) in [5.74, 6) is -0.172. The van der Waals surface area contributed by atoms with Crippen LogP contribution in [0, 0.1) is 0 Å². The molecule has 0 fully saturated rings. The van der Waals surface area contributed by atoms with Crippen molar-refractivity contribution in [3.63, 3.8) is 0 Å². The number of carbonyl (C=O) groups is 1. The van der Waals surface area contributed by atoms with Crippen LogP contribution in [-0.4, -0.2) is 11.3 Å². The summed E-state index contributed by atoms with van der Waals surface area (Å²) in [6.07, 6.45) is 3.11. The molecular weight excluding hydrogens is 256 g/mol. The normalized spacial score (nSPS) is 18.7. The molecule has 0 radical (unpaired) electrons. The molecule has 2 rings (SSSR count). The van der Waals surface area contributed by atoms with Gasteiger partial charge in [0, 0.05) is 10.9 Å². The Hall–Kier alpha value is -0.830. The van der Waals surface area contributed by atoms with Crippen LogP contribution in [-0.2, 0) is 4.74 Å². The summed E-state index contributed by atoms with van der Waals surface area (Å²) in [6.45, 7) is 0. The highest BCUT2D eigenvalue weighted by atomic mass is 79.9. The van der Waals surface area contributed by atoms with Crippen LogP contribution in [0.5, 0.6) is 0 Å². The molecule has 1 aromatic rings. The van der Waals surface area contributed by atoms with Crippen molar-refractivity contribution < 1.29 is 9.53 Å². The number of hydrogen-bond donors (Lipinski definition) is 0. The first-order valence-electron chi connectivity index (χ1n) is 5.19. The minimum Gasteiger partial charge on any atom is -0.454 e. The molecule has 1 aliphatic rings. The first-order chi connectivity index (χ1) is 7.33. The van der Waals surface area contributed by atoms with Gasteiger partial charge in [-0.2, -0.15) is 0 Å². The van der Waals surface area contributed by atoms with Gasteiger partial charge in [-0.15, -0.1) is 0 Å². The van der Waals surface area contributed by atoms with E-state index in [1.165, 1.54) is 0 Å². The maximum Gasteiger partial charge on any atom is 0.339 e. The van der Waals surface area contributed by atoms with Gasteiger partial charge < -0.3 is 4.74 Å². The maximum absolute atomic E-state index is 11.5. The first-order valence-corrected chi connectivity index (χ1v) is 6.31. The summed E-state index contributed by atoms with van der Waals surface area (Å²) in [5.41, 5.74) is 1.79. The van der Waals surface area contributed by atoms with Gasteiger partial charge in [-0.1, -0.05) is 34.1 Å². The van der Waals surface area contributed by atoms with Gasteiger partial charge in [-0.3, -0.25) is 0 Å². The summed E-state index contributed by atoms with van der Waals surface area (Å²) >= 11 is 3.39. The van der Waals surface area contributed by atoms with E-state index in [2.05, 4.69) is 15.9 Å². The molecule has 1 aliphatic heterocycles. The van der Waals surface area contributed by atoms with Gasteiger partial charge in [-0.05, 0) is 25.3 Å². The van der Waals surface area contributed by atoms with Crippen LogP contribution in [0.25, 0.3) is 0 Å². The number of carbonyl (C=O) groups excluding carboxylic acids is 1. The van der Waals surface area contributed by atoms with Crippen molar-refractivity contribution in [1.29, 1.82) is 0 Å². The van der Waals surface area contributed by atoms with Gasteiger partial charge >= 0.3 is 5.97 Å². The van der Waals surface area contributed by atoms with E-state index in [1.807, 2.05) is 24.3 Å². The van der Waals surface area contributed by atoms with E-state index in [9.17, 15) is 4.79 Å². The molecule has 0 spiro atoms. The maximum atomic E-state index is 11.5. The molecule has 3 heteroatoms. The summed E-state index contributed by atoms with van der Waals surface area (Å²) in [5, 5.41) is 1.01. The molecule has 1 aromatic carbocycles. The second-order valence-corrected chi connectivity index (χ2v) is 4.46. The van der Waals surface area contributed by atoms with E-state index in [-0.39, 0.29) is 12.1 Å². The standard InChI is InChI=1S/C12H13BrO2/c13-8-4-3-7-11-9-5-1-2-6-10(9)12(14)15-11/h1-2,5-6,11H,3-4,7-8H2. The number of halogens is 1. The van der Waals surface area contributed by atoms with Crippen LogP contribution >= 0.6 is 15.9 Å². The molecule has 15 heavy (non-hydrogen) atoms. The summed E-state index contributed by atoms with van der Waals surface area (Å²) in [6, 6.07) is 7.65. The van der Waals surface area contributed by atoms with Gasteiger partial charge in [0.25, 0.3) is 0 Å². The van der Waals surface area contributed by atoms with Gasteiger partial charge in [-0.25, -0.2) is 4.79 Å². The lowest BCUT2D eigenvalue weighted by atomic mass is 10.0. The van der Waals surface area contributed by atoms with Crippen molar-refractivity contribution in [2.75, 3.05) is 5.33 Å². The number of esters is 1. The first kappa shape index (κ1) is 10.7. The molecule has 0 aliphatic carbocycles. The Bertz CT molecular complexity index is 362. The SMILES string of the molecule is O=C1OC(CCCCBr)c2ccccc21. The van der Waals surface area contributed by atoms with E-state index in [4.69, 9.17) is 4.74 Å². The van der Waals surface area contributed by atoms with Crippen LogP contribution in [0.2, 0.25) is 0 Å². The molecule has 0 saturated carbocycles. The zero-order valence-corrected chi connectivity index (χ0v) is 10.00. The fraction of sp³-hybridized carbons (Fsp3) is 0.417. The Labute approximate surface area is 97.8 Å². The molecule has 0 saturated heterocycles. The molecule has 0 aromatic heterocycles. The predicted molar refractivity (Wildman–Crippen MR) is 62.2 cm³/mol. The molecule has 1 unspecified atom stereocenters. The highest BCUT2D eigenvalue weighted by Gasteiger charge is 2.29. The van der Waals surface area contributed by atoms with Crippen molar-refractivity contribution in [2.45, 2.75) is 25.4 Å². The van der Waals surface area contributed by atoms with Crippen molar-refractivity contribution in [2.24, 2.45) is 0 Å². The van der Waals surface area contributed by atoms with Crippen molar-refractivity contribution >= 4 is 21.9 Å². The minimum atomic E-state index is -0.172. The molecule has 1 heterocycles. The Morgan fingerprint density at radius 3 is 2.87 bits per heavy atom. The van der Waals surface area contributed by atoms with Gasteiger partial charge in [0.2, 0.25) is 0 Å². The van der Waals surface area contributed by atoms with E-state index in [1.54, 1.807) is 0 Å². The summed E-state index contributed by atoms with van der Waals surface area (Å²) < 4.78 is 5.32. The number of hydrogen-bond acceptors (Lipinski definition) is 2. The molecule has 0 bridgehead atoms. The van der Waals surface area contributed by atoms with Crippen LogP contribution in [0.1, 0.15) is 41.3 Å². The Morgan fingerprint density at radius 2 is 2.07 bits per heavy atom. The highest BCUT2D eigenvalue weighted by Crippen LogP contribution is 2.33. The van der Waals surface area contributed by atoms with Crippen molar-refractivity contribution in [3.05, 3.63) is 35.4 Å². The van der Waals surface area contributed by atoms with Crippen LogP contribution in [0.4, 0.5) is 0 Å². The molecule has 80 valence electrons. The van der Waals surface area contributed by atoms with E-state index >= 15 is 0 Å². The van der Waals surface area contributed by atoms with Crippen molar-refractivity contribution in [3.8, 4) is 0 Å². The Kier molecular flexibility index (Phi) is 3.41. The van der Waals surface area contributed by atoms with E-state index in [0.717, 1.165) is 35.7 Å². The lowest BCUT2D eigenvalue weighted by Gasteiger charge is -2.09. The largest absolute Gasteiger partial charge is 0.454 e. The van der Waals surface area contributed by atoms with Crippen LogP contribution in [0.3, 0.4) is 0 Å². The average Bonchev–Trinajstić information content (AvgIpc) is 2.58. The van der Waals surface area contributed by atoms with Crippen LogP contribution < -0.4 is 0 Å². The number of fused-ring (bicyclic) bond motifs is 1. The van der Waals surface area contributed by atoms with Gasteiger partial charge in [0.1, 0.15) is 6.10 Å². The zero-order valence-electron chi connectivity index (χ0n) is 8.41. The lowest BCUT2D eigenvalue weighted by molar-refractivity contribution is 0.0364. The van der Waals surface area contributed by atoms with Crippen molar-refractivity contribution in [1.82, 2.24) is 0 Å². The quantitative estimate of drug-likeness (QED) is 0.475. The third-order valence-corrected chi connectivity index (χ3v) is 3.19. The van der Waals surface area contributed by atoms with Gasteiger partial charge in [0.15, 0.2) is 0 Å². The summed E-state index contributed by atoms with van der Waals surface area (Å²) in [4.78, 5) is 11.5. The number of cyclic esters (lactones) is 1. The van der Waals surface area contributed by atoms with Crippen LogP contribution in [0.15, 0.2) is 24.3 Å². The molecular formula is C12H13BrO2. The number of alkyl halides is 1. The predicted octanol–water partition coefficient (Wildman–Crippen LogP) is 3.46. The third kappa shape index (κ3) is 2.23. The zero-order chi connectivity index (χ0) is 10.7. The number of unbranched alkanes of at least 4 members (excludes halogenated alkanes) is 1. The second kappa shape index (κ2) is 4.79. The third-order valence-electron chi connectivity index (χ3n) is 2.63. The number of benzene rings is 1. The number of rotatable bonds is 4. The Balaban J connectivity index is 2.08. The van der Waals surface area contributed by atoms with Gasteiger partial charge in [0.05, 0.1) is 5.56 Å². The average molecular weight is 269 g/mol. The highest BCUT2D eigenvalue weighted by molar-refractivity contribution is 9.09. The molecule has 2 nitrogen and oxygen atoms in total. The summed E-state index contributed by atoms with van der Waals surface area (Å²) in [7, 11) is 0. The monoisotopic (exact) mass is 268 g/mol. The smallest absolute Gasteiger partial charge is 0.339 e. The van der Waals surface area contributed by atoms with E-state index in [0.29, 0.717) is 0 Å². The molecule has 0 N–H and O–H groups in total.